The summed E-state index contributed by atoms with van der Waals surface area (Å²) in [4.78, 5) is 11.9. The Hall–Kier alpha value is -1.34. The van der Waals surface area contributed by atoms with Crippen molar-refractivity contribution in [1.82, 2.24) is 20.0 Å². The van der Waals surface area contributed by atoms with E-state index in [0.717, 1.165) is 69.3 Å². The molecule has 1 aromatic carbocycles. The monoisotopic (exact) mass is 421 g/mol. The Kier molecular flexibility index (Phi) is 9.05. The Bertz CT molecular complexity index is 640. The standard InChI is InChI=1S/C22H36ClN5O/c1-24-22(25-17-19-6-8-26(9-7-19)14-15-29-2)28-12-10-27(11-13-28)18-20-4-3-5-21(23)16-20/h3-5,16,19H,6-15,17-18H2,1-2H3,(H,24,25). The summed E-state index contributed by atoms with van der Waals surface area (Å²) in [5.41, 5.74) is 1.28. The average molecular weight is 422 g/mol. The van der Waals surface area contributed by atoms with Gasteiger partial charge in [0.1, 0.15) is 0 Å². The Balaban J connectivity index is 1.37. The number of piperidine rings is 1. The number of benzene rings is 1. The first-order valence-corrected chi connectivity index (χ1v) is 11.2. The molecule has 0 spiro atoms. The number of methoxy groups -OCH3 is 1. The van der Waals surface area contributed by atoms with Crippen molar-refractivity contribution in [3.05, 3.63) is 34.9 Å². The number of aliphatic imine (C=N–C) groups is 1. The van der Waals surface area contributed by atoms with E-state index in [1.165, 1.54) is 31.5 Å². The van der Waals surface area contributed by atoms with Crippen LogP contribution in [0.1, 0.15) is 18.4 Å². The molecule has 2 heterocycles. The van der Waals surface area contributed by atoms with E-state index >= 15 is 0 Å². The van der Waals surface area contributed by atoms with Crippen LogP contribution in [0, 0.1) is 5.92 Å². The smallest absolute Gasteiger partial charge is 0.193 e. The number of hydrogen-bond acceptors (Lipinski definition) is 4. The number of halogens is 1. The van der Waals surface area contributed by atoms with E-state index in [-0.39, 0.29) is 0 Å². The van der Waals surface area contributed by atoms with Crippen LogP contribution in [-0.4, -0.2) is 93.8 Å². The summed E-state index contributed by atoms with van der Waals surface area (Å²) in [6, 6.07) is 8.18. The molecule has 0 aromatic heterocycles. The van der Waals surface area contributed by atoms with Crippen molar-refractivity contribution in [2.75, 3.05) is 73.1 Å². The maximum atomic E-state index is 6.12. The lowest BCUT2D eigenvalue weighted by molar-refractivity contribution is 0.120. The molecule has 2 aliphatic rings. The van der Waals surface area contributed by atoms with Gasteiger partial charge < -0.3 is 19.9 Å². The van der Waals surface area contributed by atoms with Gasteiger partial charge in [0, 0.05) is 65.0 Å². The van der Waals surface area contributed by atoms with Crippen LogP contribution < -0.4 is 5.32 Å². The number of ether oxygens (including phenoxy) is 1. The molecule has 3 rings (SSSR count). The maximum Gasteiger partial charge on any atom is 0.193 e. The third-order valence-electron chi connectivity index (χ3n) is 6.05. The first-order valence-electron chi connectivity index (χ1n) is 10.8. The summed E-state index contributed by atoms with van der Waals surface area (Å²) in [5, 5.41) is 4.45. The minimum Gasteiger partial charge on any atom is -0.383 e. The second kappa shape index (κ2) is 11.7. The topological polar surface area (TPSA) is 43.3 Å². The molecule has 162 valence electrons. The predicted molar refractivity (Wildman–Crippen MR) is 121 cm³/mol. The number of guanidine groups is 1. The van der Waals surface area contributed by atoms with Crippen molar-refractivity contribution in [2.45, 2.75) is 19.4 Å². The summed E-state index contributed by atoms with van der Waals surface area (Å²) >= 11 is 6.12. The van der Waals surface area contributed by atoms with E-state index in [2.05, 4.69) is 37.1 Å². The van der Waals surface area contributed by atoms with Crippen LogP contribution in [0.4, 0.5) is 0 Å². The zero-order valence-corrected chi connectivity index (χ0v) is 18.7. The van der Waals surface area contributed by atoms with E-state index in [1.807, 2.05) is 19.2 Å². The van der Waals surface area contributed by atoms with Gasteiger partial charge in [0.25, 0.3) is 0 Å². The SMILES string of the molecule is CN=C(NCC1CCN(CCOC)CC1)N1CCN(Cc2cccc(Cl)c2)CC1. The van der Waals surface area contributed by atoms with E-state index in [0.29, 0.717) is 0 Å². The van der Waals surface area contributed by atoms with Crippen LogP contribution in [0.25, 0.3) is 0 Å². The first-order chi connectivity index (χ1) is 14.2. The summed E-state index contributed by atoms with van der Waals surface area (Å²) in [6.07, 6.45) is 2.50. The Labute approximate surface area is 180 Å². The molecule has 7 heteroatoms. The lowest BCUT2D eigenvalue weighted by Gasteiger charge is -2.37. The van der Waals surface area contributed by atoms with E-state index < -0.39 is 0 Å². The third-order valence-corrected chi connectivity index (χ3v) is 6.28. The van der Waals surface area contributed by atoms with E-state index in [4.69, 9.17) is 16.3 Å². The second-order valence-electron chi connectivity index (χ2n) is 8.10. The molecule has 0 unspecified atom stereocenters. The molecular weight excluding hydrogens is 386 g/mol. The molecule has 1 aromatic rings. The lowest BCUT2D eigenvalue weighted by atomic mass is 9.97. The molecular formula is C22H36ClN5O. The molecule has 0 saturated carbocycles. The highest BCUT2D eigenvalue weighted by Gasteiger charge is 2.22. The number of nitrogens with one attached hydrogen (secondary N) is 1. The minimum absolute atomic E-state index is 0.731. The second-order valence-corrected chi connectivity index (χ2v) is 8.54. The summed E-state index contributed by atoms with van der Waals surface area (Å²) in [7, 11) is 3.67. The van der Waals surface area contributed by atoms with Gasteiger partial charge in [-0.05, 0) is 49.5 Å². The van der Waals surface area contributed by atoms with Crippen LogP contribution in [-0.2, 0) is 11.3 Å². The zero-order chi connectivity index (χ0) is 20.5. The van der Waals surface area contributed by atoms with Crippen molar-refractivity contribution >= 4 is 17.6 Å². The lowest BCUT2D eigenvalue weighted by Crippen LogP contribution is -2.53. The van der Waals surface area contributed by atoms with Crippen LogP contribution in [0.15, 0.2) is 29.3 Å². The normalized spacial score (nSPS) is 20.2. The molecule has 0 atom stereocenters. The summed E-state index contributed by atoms with van der Waals surface area (Å²) < 4.78 is 5.19. The van der Waals surface area contributed by atoms with Gasteiger partial charge in [0.05, 0.1) is 6.61 Å². The van der Waals surface area contributed by atoms with Gasteiger partial charge in [-0.1, -0.05) is 23.7 Å². The fourth-order valence-corrected chi connectivity index (χ4v) is 4.43. The highest BCUT2D eigenvalue weighted by molar-refractivity contribution is 6.30. The van der Waals surface area contributed by atoms with Crippen LogP contribution in [0.5, 0.6) is 0 Å². The zero-order valence-electron chi connectivity index (χ0n) is 17.9. The van der Waals surface area contributed by atoms with Crippen molar-refractivity contribution < 1.29 is 4.74 Å². The number of rotatable bonds is 7. The van der Waals surface area contributed by atoms with E-state index in [9.17, 15) is 0 Å². The first kappa shape index (κ1) is 22.3. The molecule has 0 radical (unpaired) electrons. The molecule has 0 aliphatic carbocycles. The number of nitrogens with zero attached hydrogens (tertiary/aromatic N) is 4. The molecule has 2 saturated heterocycles. The molecule has 0 amide bonds. The fraction of sp³-hybridized carbons (Fsp3) is 0.682. The fourth-order valence-electron chi connectivity index (χ4n) is 4.21. The van der Waals surface area contributed by atoms with E-state index in [1.54, 1.807) is 7.11 Å². The van der Waals surface area contributed by atoms with Gasteiger partial charge in [0.15, 0.2) is 5.96 Å². The summed E-state index contributed by atoms with van der Waals surface area (Å²) in [5.74, 6) is 1.78. The maximum absolute atomic E-state index is 6.12. The Morgan fingerprint density at radius 3 is 2.55 bits per heavy atom. The summed E-state index contributed by atoms with van der Waals surface area (Å²) in [6.45, 7) is 10.3. The van der Waals surface area contributed by atoms with Gasteiger partial charge in [-0.3, -0.25) is 9.89 Å². The number of likely N-dealkylation sites (tertiary alicyclic amines) is 1. The van der Waals surface area contributed by atoms with Gasteiger partial charge in [-0.15, -0.1) is 0 Å². The number of hydrogen-bond donors (Lipinski definition) is 1. The van der Waals surface area contributed by atoms with Crippen molar-refractivity contribution in [3.8, 4) is 0 Å². The predicted octanol–water partition coefficient (Wildman–Crippen LogP) is 2.39. The highest BCUT2D eigenvalue weighted by Crippen LogP contribution is 2.17. The Morgan fingerprint density at radius 2 is 1.90 bits per heavy atom. The van der Waals surface area contributed by atoms with Crippen molar-refractivity contribution in [1.29, 1.82) is 0 Å². The van der Waals surface area contributed by atoms with Gasteiger partial charge in [-0.25, -0.2) is 0 Å². The number of piperazine rings is 1. The molecule has 2 aliphatic heterocycles. The quantitative estimate of drug-likeness (QED) is 0.541. The average Bonchev–Trinajstić information content (AvgIpc) is 2.74. The molecule has 6 nitrogen and oxygen atoms in total. The van der Waals surface area contributed by atoms with Crippen LogP contribution in [0.3, 0.4) is 0 Å². The molecule has 0 bridgehead atoms. The third kappa shape index (κ3) is 7.14. The Morgan fingerprint density at radius 1 is 1.14 bits per heavy atom. The molecule has 29 heavy (non-hydrogen) atoms. The van der Waals surface area contributed by atoms with Gasteiger partial charge in [-0.2, -0.15) is 0 Å². The minimum atomic E-state index is 0.731. The molecule has 1 N–H and O–H groups in total. The van der Waals surface area contributed by atoms with Gasteiger partial charge in [0.2, 0.25) is 0 Å². The van der Waals surface area contributed by atoms with Crippen molar-refractivity contribution in [3.63, 3.8) is 0 Å². The van der Waals surface area contributed by atoms with Gasteiger partial charge >= 0.3 is 0 Å². The highest BCUT2D eigenvalue weighted by atomic mass is 35.5. The van der Waals surface area contributed by atoms with Crippen LogP contribution >= 0.6 is 11.6 Å². The van der Waals surface area contributed by atoms with Crippen molar-refractivity contribution in [2.24, 2.45) is 10.9 Å². The van der Waals surface area contributed by atoms with Crippen LogP contribution in [0.2, 0.25) is 5.02 Å². The molecule has 2 fully saturated rings. The largest absolute Gasteiger partial charge is 0.383 e.